The summed E-state index contributed by atoms with van der Waals surface area (Å²) in [5.74, 6) is -8.45. The Bertz CT molecular complexity index is 1470. The van der Waals surface area contributed by atoms with Crippen molar-refractivity contribution in [3.63, 3.8) is 0 Å². The first-order chi connectivity index (χ1) is 23.6. The number of phenols is 1. The third-order valence-electron chi connectivity index (χ3n) is 8.58. The number of hydrogen-bond donors (Lipinski definition) is 4. The maximum atomic E-state index is 14.0. The van der Waals surface area contributed by atoms with Crippen LogP contribution in [-0.2, 0) is 47.7 Å². The number of anilines is 1. The Labute approximate surface area is 298 Å². The number of benzene rings is 1. The van der Waals surface area contributed by atoms with Crippen molar-refractivity contribution >= 4 is 47.2 Å². The highest BCUT2D eigenvalue weighted by Gasteiger charge is 2.46. The molecule has 1 aromatic rings. The highest BCUT2D eigenvalue weighted by molar-refractivity contribution is 6.07. The van der Waals surface area contributed by atoms with E-state index >= 15 is 0 Å². The monoisotopic (exact) mass is 719 g/mol. The van der Waals surface area contributed by atoms with Gasteiger partial charge in [-0.1, -0.05) is 47.6 Å². The molecule has 0 spiro atoms. The third kappa shape index (κ3) is 11.1. The first-order valence-electron chi connectivity index (χ1n) is 17.2. The Hall–Kier alpha value is -4.69. The maximum absolute atomic E-state index is 14.0. The van der Waals surface area contributed by atoms with Gasteiger partial charge in [0.05, 0.1) is 17.3 Å². The molecule has 0 radical (unpaired) electrons. The normalized spacial score (nSPS) is 26.2. The molecular weight excluding hydrogens is 666 g/mol. The molecule has 1 aliphatic heterocycles. The van der Waals surface area contributed by atoms with E-state index < -0.39 is 95.1 Å². The molecule has 1 aromatic carbocycles. The van der Waals surface area contributed by atoms with E-state index in [0.717, 1.165) is 0 Å². The van der Waals surface area contributed by atoms with E-state index in [9.17, 15) is 38.7 Å². The second-order valence-electron chi connectivity index (χ2n) is 14.4. The van der Waals surface area contributed by atoms with Crippen LogP contribution < -0.4 is 16.4 Å². The largest absolute Gasteiger partial charge is 0.505 e. The molecule has 0 aliphatic carbocycles. The molecular formula is C36H53N3O12. The van der Waals surface area contributed by atoms with Crippen LogP contribution in [0.15, 0.2) is 18.2 Å². The van der Waals surface area contributed by atoms with Crippen molar-refractivity contribution in [2.75, 3.05) is 5.73 Å². The highest BCUT2D eigenvalue weighted by Crippen LogP contribution is 2.28. The summed E-state index contributed by atoms with van der Waals surface area (Å²) in [6, 6.07) is 0.988. The minimum absolute atomic E-state index is 0.0359. The number of para-hydroxylation sites is 1. The number of Topliss-reactive ketones (excluding diaryl/α,β-unsaturated/α-hetero) is 1. The molecule has 1 fully saturated rings. The predicted octanol–water partition coefficient (Wildman–Crippen LogP) is 2.99. The fraction of sp³-hybridized carbons (Fsp3) is 0.639. The molecule has 51 heavy (non-hydrogen) atoms. The van der Waals surface area contributed by atoms with Crippen molar-refractivity contribution in [3.05, 3.63) is 23.8 Å². The third-order valence-corrected chi connectivity index (χ3v) is 8.58. The summed E-state index contributed by atoms with van der Waals surface area (Å²) >= 11 is 0. The molecule has 0 saturated carbocycles. The zero-order chi connectivity index (χ0) is 39.0. The number of hydrogen-bond acceptors (Lipinski definition) is 13. The average Bonchev–Trinajstić information content (AvgIpc) is 3.04. The van der Waals surface area contributed by atoms with Crippen LogP contribution >= 0.6 is 0 Å². The van der Waals surface area contributed by atoms with Crippen molar-refractivity contribution in [2.45, 2.75) is 125 Å². The lowest BCUT2D eigenvalue weighted by atomic mass is 9.81. The zero-order valence-corrected chi connectivity index (χ0v) is 31.1. The molecule has 2 amide bonds. The number of nitrogens with one attached hydrogen (secondary N) is 2. The van der Waals surface area contributed by atoms with E-state index in [0.29, 0.717) is 6.42 Å². The van der Waals surface area contributed by atoms with E-state index in [4.69, 9.17) is 24.7 Å². The summed E-state index contributed by atoms with van der Waals surface area (Å²) in [4.78, 5) is 95.0. The number of ketones is 1. The average molecular weight is 720 g/mol. The van der Waals surface area contributed by atoms with Crippen molar-refractivity contribution in [1.29, 1.82) is 0 Å². The smallest absolute Gasteiger partial charge is 0.347 e. The molecule has 7 atom stereocenters. The number of carbonyl (C=O) groups excluding carboxylic acids is 7. The molecule has 0 aromatic heterocycles. The molecule has 15 nitrogen and oxygen atoms in total. The van der Waals surface area contributed by atoms with Gasteiger partial charge in [-0.3, -0.25) is 19.2 Å². The number of cyclic esters (lactones) is 4. The van der Waals surface area contributed by atoms with E-state index in [1.54, 1.807) is 27.7 Å². The summed E-state index contributed by atoms with van der Waals surface area (Å²) in [5.41, 5.74) is 3.42. The van der Waals surface area contributed by atoms with Gasteiger partial charge in [-0.2, -0.15) is 0 Å². The van der Waals surface area contributed by atoms with E-state index in [-0.39, 0.29) is 35.9 Å². The number of ether oxygens (including phenoxy) is 4. The predicted molar refractivity (Wildman–Crippen MR) is 184 cm³/mol. The van der Waals surface area contributed by atoms with Crippen LogP contribution in [0.1, 0.15) is 98.9 Å². The molecule has 1 heterocycles. The van der Waals surface area contributed by atoms with Crippen LogP contribution in [0.5, 0.6) is 5.75 Å². The van der Waals surface area contributed by atoms with Crippen LogP contribution in [0.25, 0.3) is 0 Å². The van der Waals surface area contributed by atoms with Crippen molar-refractivity contribution < 1.29 is 57.6 Å². The minimum Gasteiger partial charge on any atom is -0.505 e. The second kappa shape index (κ2) is 18.0. The molecule has 284 valence electrons. The number of amides is 2. The number of nitrogens with two attached hydrogens (primary N) is 1. The summed E-state index contributed by atoms with van der Waals surface area (Å²) in [7, 11) is 0. The fourth-order valence-corrected chi connectivity index (χ4v) is 5.21. The lowest BCUT2D eigenvalue weighted by molar-refractivity contribution is -0.183. The Morgan fingerprint density at radius 1 is 0.902 bits per heavy atom. The van der Waals surface area contributed by atoms with Gasteiger partial charge in [0.2, 0.25) is 0 Å². The second-order valence-corrected chi connectivity index (χ2v) is 14.4. The molecule has 15 heteroatoms. The van der Waals surface area contributed by atoms with E-state index in [2.05, 4.69) is 10.6 Å². The quantitative estimate of drug-likeness (QED) is 0.0998. The lowest BCUT2D eigenvalue weighted by Gasteiger charge is -2.32. The van der Waals surface area contributed by atoms with Crippen molar-refractivity contribution in [2.24, 2.45) is 23.2 Å². The van der Waals surface area contributed by atoms with Crippen LogP contribution in [0, 0.1) is 23.2 Å². The van der Waals surface area contributed by atoms with Gasteiger partial charge in [-0.15, -0.1) is 0 Å². The van der Waals surface area contributed by atoms with Gasteiger partial charge in [0.1, 0.15) is 11.5 Å². The molecule has 2 rings (SSSR count). The van der Waals surface area contributed by atoms with Gasteiger partial charge in [-0.25, -0.2) is 14.4 Å². The molecule has 5 N–H and O–H groups in total. The van der Waals surface area contributed by atoms with E-state index in [1.165, 1.54) is 45.9 Å². The Balaban J connectivity index is 2.67. The summed E-state index contributed by atoms with van der Waals surface area (Å²) < 4.78 is 22.1. The number of aromatic hydroxyl groups is 1. The molecule has 0 bridgehead atoms. The van der Waals surface area contributed by atoms with Gasteiger partial charge in [0, 0.05) is 5.92 Å². The summed E-state index contributed by atoms with van der Waals surface area (Å²) in [5, 5.41) is 15.4. The van der Waals surface area contributed by atoms with Gasteiger partial charge >= 0.3 is 23.9 Å². The Kier molecular flexibility index (Phi) is 15.0. The van der Waals surface area contributed by atoms with Crippen LogP contribution in [0.3, 0.4) is 0 Å². The Morgan fingerprint density at radius 2 is 1.51 bits per heavy atom. The number of nitrogen functional groups attached to an aromatic ring is 1. The maximum Gasteiger partial charge on any atom is 0.347 e. The SMILES string of the molecule is CC[C@@H](C)[C@@H]1OC(=O)[C@H](C)OC(=O)[C@@H](NC(=O)c2cccc(N)c2O)[C@@H](C)OC(=O)[C@H](CC(C)C)OC(=O)C(C)(C)C(=O)[C@H](CC(C)C)NC1=O. The molecule has 1 aliphatic rings. The van der Waals surface area contributed by atoms with Crippen LogP contribution in [-0.4, -0.2) is 83.1 Å². The Morgan fingerprint density at radius 3 is 2.08 bits per heavy atom. The van der Waals surface area contributed by atoms with Crippen LogP contribution in [0.4, 0.5) is 5.69 Å². The lowest BCUT2D eigenvalue weighted by Crippen LogP contribution is -2.55. The topological polar surface area (TPSA) is 227 Å². The van der Waals surface area contributed by atoms with E-state index in [1.807, 2.05) is 13.8 Å². The zero-order valence-electron chi connectivity index (χ0n) is 31.1. The number of esters is 4. The summed E-state index contributed by atoms with van der Waals surface area (Å²) in [6.07, 6.45) is -5.62. The van der Waals surface area contributed by atoms with Gasteiger partial charge in [0.15, 0.2) is 35.9 Å². The molecule has 0 unspecified atom stereocenters. The minimum atomic E-state index is -1.86. The summed E-state index contributed by atoms with van der Waals surface area (Å²) in [6.45, 7) is 15.7. The number of rotatable bonds is 8. The van der Waals surface area contributed by atoms with Crippen molar-refractivity contribution in [1.82, 2.24) is 10.6 Å². The first-order valence-corrected chi connectivity index (χ1v) is 17.2. The fourth-order valence-electron chi connectivity index (χ4n) is 5.21. The number of phenolic OH excluding ortho intramolecular Hbond substituents is 1. The first kappa shape index (κ1) is 42.5. The van der Waals surface area contributed by atoms with Gasteiger partial charge in [-0.05, 0) is 70.9 Å². The standard InChI is InChI=1S/C36H53N3O12/c1-11-19(6)28-31(43)38-24(15-17(2)3)29(41)36(9,10)35(47)50-25(16-18(4)5)33(45)48-20(7)26(34(46)49-21(8)32(44)51-28)39-30(42)22-13-12-14-23(37)27(22)40/h12-14,17-21,24-26,28,40H,11,15-16,37H2,1-10H3,(H,38,43)(H,39,42)/t19-,20-,21+,24+,25+,26+,28+/m1/s1. The van der Waals surface area contributed by atoms with Gasteiger partial charge < -0.3 is 40.4 Å². The number of carbonyl (C=O) groups is 7. The van der Waals surface area contributed by atoms with Crippen molar-refractivity contribution in [3.8, 4) is 5.75 Å². The van der Waals surface area contributed by atoms with Gasteiger partial charge in [0.25, 0.3) is 11.8 Å². The highest BCUT2D eigenvalue weighted by atomic mass is 16.6. The van der Waals surface area contributed by atoms with Crippen LogP contribution in [0.2, 0.25) is 0 Å². The molecule has 1 saturated heterocycles.